The van der Waals surface area contributed by atoms with Gasteiger partial charge >= 0.3 is 0 Å². The first kappa shape index (κ1) is 12.4. The van der Waals surface area contributed by atoms with Gasteiger partial charge in [-0.3, -0.25) is 0 Å². The van der Waals surface area contributed by atoms with Crippen molar-refractivity contribution >= 4 is 21.7 Å². The fourth-order valence-electron chi connectivity index (χ4n) is 1.34. The summed E-state index contributed by atoms with van der Waals surface area (Å²) in [5.74, 6) is 0.0227. The summed E-state index contributed by atoms with van der Waals surface area (Å²) >= 11 is 3.17. The highest BCUT2D eigenvalue weighted by Crippen LogP contribution is 2.17. The molecule has 0 saturated heterocycles. The summed E-state index contributed by atoms with van der Waals surface area (Å²) in [5, 5.41) is 3.07. The first-order valence-electron chi connectivity index (χ1n) is 5.21. The Hall–Kier alpha value is -0.640. The van der Waals surface area contributed by atoms with Gasteiger partial charge in [-0.2, -0.15) is 0 Å². The molecule has 0 aliphatic carbocycles. The molecule has 0 amide bonds. The van der Waals surface area contributed by atoms with E-state index in [0.29, 0.717) is 10.3 Å². The van der Waals surface area contributed by atoms with Gasteiger partial charge in [0.1, 0.15) is 0 Å². The number of halogens is 2. The summed E-state index contributed by atoms with van der Waals surface area (Å²) in [4.78, 5) is 3.99. The number of aromatic nitrogens is 1. The fraction of sp³-hybridized carbons (Fsp3) is 0.545. The first-order chi connectivity index (χ1) is 7.13. The van der Waals surface area contributed by atoms with Gasteiger partial charge in [-0.05, 0) is 35.3 Å². The summed E-state index contributed by atoms with van der Waals surface area (Å²) in [5.41, 5.74) is 0. The molecule has 1 aromatic heterocycles. The van der Waals surface area contributed by atoms with Crippen LogP contribution in [0.2, 0.25) is 0 Å². The Morgan fingerprint density at radius 1 is 1.60 bits per heavy atom. The van der Waals surface area contributed by atoms with Crippen LogP contribution in [0.5, 0.6) is 0 Å². The highest BCUT2D eigenvalue weighted by molar-refractivity contribution is 9.10. The Kier molecular flexibility index (Phi) is 5.02. The lowest BCUT2D eigenvalue weighted by Crippen LogP contribution is -2.16. The molecule has 4 heteroatoms. The summed E-state index contributed by atoms with van der Waals surface area (Å²) in [6, 6.07) is 1.68. The number of nitrogens with zero attached hydrogens (tertiary/aromatic N) is 1. The van der Waals surface area contributed by atoms with Gasteiger partial charge in [0.15, 0.2) is 11.6 Å². The van der Waals surface area contributed by atoms with Gasteiger partial charge in [0, 0.05) is 16.7 Å². The second-order valence-corrected chi connectivity index (χ2v) is 4.59. The molecule has 1 N–H and O–H groups in total. The van der Waals surface area contributed by atoms with E-state index < -0.39 is 0 Å². The van der Waals surface area contributed by atoms with Gasteiger partial charge in [0.2, 0.25) is 0 Å². The minimum atomic E-state index is -0.312. The largest absolute Gasteiger partial charge is 0.365 e. The molecule has 1 heterocycles. The summed E-state index contributed by atoms with van der Waals surface area (Å²) < 4.78 is 14.0. The van der Waals surface area contributed by atoms with E-state index in [0.717, 1.165) is 19.3 Å². The molecule has 1 aromatic rings. The SMILES string of the molecule is CCCCC(C)Nc1ncc(Br)cc1F. The lowest BCUT2D eigenvalue weighted by molar-refractivity contribution is 0.605. The average molecular weight is 275 g/mol. The second-order valence-electron chi connectivity index (χ2n) is 3.67. The molecular formula is C11H16BrFN2. The van der Waals surface area contributed by atoms with E-state index in [-0.39, 0.29) is 11.9 Å². The Morgan fingerprint density at radius 2 is 2.33 bits per heavy atom. The van der Waals surface area contributed by atoms with Crippen molar-refractivity contribution in [3.63, 3.8) is 0 Å². The number of unbranched alkanes of at least 4 members (excludes halogenated alkanes) is 1. The molecule has 0 radical (unpaired) electrons. The lowest BCUT2D eigenvalue weighted by Gasteiger charge is -2.14. The maximum Gasteiger partial charge on any atom is 0.166 e. The van der Waals surface area contributed by atoms with Gasteiger partial charge in [-0.25, -0.2) is 9.37 Å². The molecule has 0 bridgehead atoms. The quantitative estimate of drug-likeness (QED) is 0.879. The third kappa shape index (κ3) is 4.16. The topological polar surface area (TPSA) is 24.9 Å². The molecule has 2 nitrogen and oxygen atoms in total. The monoisotopic (exact) mass is 274 g/mol. The van der Waals surface area contributed by atoms with Crippen LogP contribution in [0, 0.1) is 5.82 Å². The zero-order chi connectivity index (χ0) is 11.3. The van der Waals surface area contributed by atoms with Crippen molar-refractivity contribution in [1.29, 1.82) is 0 Å². The average Bonchev–Trinajstić information content (AvgIpc) is 2.19. The number of nitrogens with one attached hydrogen (secondary N) is 1. The van der Waals surface area contributed by atoms with Crippen LogP contribution >= 0.6 is 15.9 Å². The molecule has 0 spiro atoms. The van der Waals surface area contributed by atoms with Crippen LogP contribution < -0.4 is 5.32 Å². The van der Waals surface area contributed by atoms with Crippen LogP contribution in [-0.2, 0) is 0 Å². The Labute approximate surface area is 98.4 Å². The van der Waals surface area contributed by atoms with E-state index in [2.05, 4.69) is 33.2 Å². The molecule has 1 atom stereocenters. The number of hydrogen-bond donors (Lipinski definition) is 1. The molecule has 15 heavy (non-hydrogen) atoms. The molecule has 0 aromatic carbocycles. The van der Waals surface area contributed by atoms with Crippen molar-refractivity contribution in [3.8, 4) is 0 Å². The van der Waals surface area contributed by atoms with Gasteiger partial charge in [0.05, 0.1) is 0 Å². The van der Waals surface area contributed by atoms with E-state index in [1.807, 2.05) is 6.92 Å². The van der Waals surface area contributed by atoms with Crippen LogP contribution in [0.15, 0.2) is 16.7 Å². The third-order valence-corrected chi connectivity index (χ3v) is 2.62. The second kappa shape index (κ2) is 6.05. The summed E-state index contributed by atoms with van der Waals surface area (Å²) in [7, 11) is 0. The van der Waals surface area contributed by atoms with Crippen molar-refractivity contribution in [2.75, 3.05) is 5.32 Å². The minimum Gasteiger partial charge on any atom is -0.365 e. The van der Waals surface area contributed by atoms with Crippen molar-refractivity contribution in [1.82, 2.24) is 4.98 Å². The Balaban J connectivity index is 2.56. The minimum absolute atomic E-state index is 0.258. The highest BCUT2D eigenvalue weighted by atomic mass is 79.9. The van der Waals surface area contributed by atoms with E-state index >= 15 is 0 Å². The molecule has 84 valence electrons. The van der Waals surface area contributed by atoms with Gasteiger partial charge < -0.3 is 5.32 Å². The molecule has 0 saturated carbocycles. The first-order valence-corrected chi connectivity index (χ1v) is 6.00. The van der Waals surface area contributed by atoms with Crippen molar-refractivity contribution < 1.29 is 4.39 Å². The van der Waals surface area contributed by atoms with Crippen LogP contribution in [0.1, 0.15) is 33.1 Å². The van der Waals surface area contributed by atoms with Crippen molar-refractivity contribution in [2.45, 2.75) is 39.2 Å². The van der Waals surface area contributed by atoms with Crippen LogP contribution in [0.3, 0.4) is 0 Å². The van der Waals surface area contributed by atoms with Crippen LogP contribution in [0.25, 0.3) is 0 Å². The third-order valence-electron chi connectivity index (χ3n) is 2.18. The normalized spacial score (nSPS) is 12.5. The molecular weight excluding hydrogens is 259 g/mol. The van der Waals surface area contributed by atoms with Gasteiger partial charge in [-0.15, -0.1) is 0 Å². The van der Waals surface area contributed by atoms with Crippen LogP contribution in [-0.4, -0.2) is 11.0 Å². The van der Waals surface area contributed by atoms with E-state index in [1.54, 1.807) is 6.20 Å². The van der Waals surface area contributed by atoms with Crippen molar-refractivity contribution in [3.05, 3.63) is 22.6 Å². The molecule has 1 unspecified atom stereocenters. The van der Waals surface area contributed by atoms with E-state index in [9.17, 15) is 4.39 Å². The fourth-order valence-corrected chi connectivity index (χ4v) is 1.64. The van der Waals surface area contributed by atoms with Gasteiger partial charge in [-0.1, -0.05) is 19.8 Å². The number of rotatable bonds is 5. The standard InChI is InChI=1S/C11H16BrFN2/c1-3-4-5-8(2)15-11-10(13)6-9(12)7-14-11/h6-8H,3-5H2,1-2H3,(H,14,15). The Morgan fingerprint density at radius 3 is 2.93 bits per heavy atom. The van der Waals surface area contributed by atoms with E-state index in [1.165, 1.54) is 6.07 Å². The number of hydrogen-bond acceptors (Lipinski definition) is 2. The molecule has 1 rings (SSSR count). The maximum atomic E-state index is 13.4. The molecule has 0 aliphatic heterocycles. The number of pyridine rings is 1. The predicted octanol–water partition coefficient (Wildman–Crippen LogP) is 3.97. The zero-order valence-corrected chi connectivity index (χ0v) is 10.6. The smallest absolute Gasteiger partial charge is 0.166 e. The van der Waals surface area contributed by atoms with Crippen molar-refractivity contribution in [2.24, 2.45) is 0 Å². The maximum absolute atomic E-state index is 13.4. The van der Waals surface area contributed by atoms with Crippen LogP contribution in [0.4, 0.5) is 10.2 Å². The molecule has 0 fully saturated rings. The molecule has 0 aliphatic rings. The lowest BCUT2D eigenvalue weighted by atomic mass is 10.1. The summed E-state index contributed by atoms with van der Waals surface area (Å²) in [6.07, 6.45) is 4.93. The zero-order valence-electron chi connectivity index (χ0n) is 9.06. The highest BCUT2D eigenvalue weighted by Gasteiger charge is 2.07. The number of anilines is 1. The Bertz CT molecular complexity index is 317. The van der Waals surface area contributed by atoms with E-state index in [4.69, 9.17) is 0 Å². The summed E-state index contributed by atoms with van der Waals surface area (Å²) in [6.45, 7) is 4.18. The predicted molar refractivity (Wildman–Crippen MR) is 64.5 cm³/mol. The van der Waals surface area contributed by atoms with Gasteiger partial charge in [0.25, 0.3) is 0 Å².